The van der Waals surface area contributed by atoms with Gasteiger partial charge in [0.15, 0.2) is 0 Å². The van der Waals surface area contributed by atoms with E-state index in [1.165, 1.54) is 20.0 Å². The van der Waals surface area contributed by atoms with Gasteiger partial charge in [0, 0.05) is 10.9 Å². The number of carbonyl (C=O) groups is 2. The average Bonchev–Trinajstić information content (AvgIpc) is 3.40. The summed E-state index contributed by atoms with van der Waals surface area (Å²) < 4.78 is 11.9. The summed E-state index contributed by atoms with van der Waals surface area (Å²) in [5, 5.41) is 10.5. The van der Waals surface area contributed by atoms with Gasteiger partial charge < -0.3 is 18.8 Å². The molecular weight excluding hydrogens is 346 g/mol. The number of aliphatic carboxylic acids is 1. The zero-order valence-electron chi connectivity index (χ0n) is 15.1. The van der Waals surface area contributed by atoms with Crippen LogP contribution in [0.5, 0.6) is 0 Å². The number of ether oxygens (including phenoxy) is 1. The molecule has 2 heterocycles. The van der Waals surface area contributed by atoms with E-state index < -0.39 is 11.9 Å². The highest BCUT2D eigenvalue weighted by Crippen LogP contribution is 2.45. The third-order valence-electron chi connectivity index (χ3n) is 5.38. The highest BCUT2D eigenvalue weighted by Gasteiger charge is 2.28. The van der Waals surface area contributed by atoms with Gasteiger partial charge in [-0.2, -0.15) is 0 Å². The van der Waals surface area contributed by atoms with Gasteiger partial charge in [0.1, 0.15) is 6.54 Å². The minimum atomic E-state index is -0.932. The molecule has 0 bridgehead atoms. The zero-order valence-corrected chi connectivity index (χ0v) is 15.1. The van der Waals surface area contributed by atoms with E-state index in [1.54, 1.807) is 29.2 Å². The van der Waals surface area contributed by atoms with E-state index in [0.29, 0.717) is 11.5 Å². The molecule has 6 nitrogen and oxygen atoms in total. The van der Waals surface area contributed by atoms with Gasteiger partial charge in [0.05, 0.1) is 36.4 Å². The fourth-order valence-corrected chi connectivity index (χ4v) is 4.26. The normalized spacial score (nSPS) is 14.7. The predicted molar refractivity (Wildman–Crippen MR) is 99.8 cm³/mol. The van der Waals surface area contributed by atoms with Gasteiger partial charge in [-0.3, -0.25) is 4.79 Å². The van der Waals surface area contributed by atoms with Crippen molar-refractivity contribution in [2.75, 3.05) is 7.11 Å². The Labute approximate surface area is 156 Å². The predicted octanol–water partition coefficient (Wildman–Crippen LogP) is 4.43. The molecule has 0 atom stereocenters. The van der Waals surface area contributed by atoms with Gasteiger partial charge in [-0.15, -0.1) is 0 Å². The van der Waals surface area contributed by atoms with E-state index in [0.717, 1.165) is 40.6 Å². The fourth-order valence-electron chi connectivity index (χ4n) is 4.26. The number of nitrogens with zero attached hydrogens (tertiary/aromatic N) is 1. The van der Waals surface area contributed by atoms with Crippen LogP contribution in [-0.2, 0) is 16.1 Å². The minimum absolute atomic E-state index is 0.186. The smallest absolute Gasteiger partial charge is 0.337 e. The standard InChI is InChI=1S/C21H21NO5/c1-26-21(25)14-6-7-16-17(10-14)22(11-18(23)24)20(15-8-9-27-12-15)19(16)13-4-2-3-5-13/h6-10,12-13H,2-5,11H2,1H3,(H,23,24). The number of fused-ring (bicyclic) bond motifs is 1. The molecule has 1 aliphatic carbocycles. The molecule has 1 saturated carbocycles. The van der Waals surface area contributed by atoms with Gasteiger partial charge in [0.25, 0.3) is 0 Å². The van der Waals surface area contributed by atoms with Crippen molar-refractivity contribution in [3.05, 3.63) is 47.9 Å². The molecule has 0 radical (unpaired) electrons. The molecule has 0 amide bonds. The van der Waals surface area contributed by atoms with Crippen LogP contribution in [0, 0.1) is 0 Å². The lowest BCUT2D eigenvalue weighted by Gasteiger charge is -2.13. The molecule has 0 saturated heterocycles. The average molecular weight is 367 g/mol. The molecule has 1 aliphatic rings. The number of benzene rings is 1. The lowest BCUT2D eigenvalue weighted by Crippen LogP contribution is -2.10. The summed E-state index contributed by atoms with van der Waals surface area (Å²) in [7, 11) is 1.34. The second-order valence-corrected chi connectivity index (χ2v) is 6.96. The first-order valence-corrected chi connectivity index (χ1v) is 9.09. The van der Waals surface area contributed by atoms with Crippen LogP contribution in [0.2, 0.25) is 0 Å². The number of methoxy groups -OCH3 is 1. The highest BCUT2D eigenvalue weighted by molar-refractivity contribution is 5.99. The zero-order chi connectivity index (χ0) is 19.0. The Bertz CT molecular complexity index is 993. The first kappa shape index (κ1) is 17.4. The number of aromatic nitrogens is 1. The van der Waals surface area contributed by atoms with E-state index in [-0.39, 0.29) is 6.54 Å². The van der Waals surface area contributed by atoms with Crippen molar-refractivity contribution in [1.29, 1.82) is 0 Å². The largest absolute Gasteiger partial charge is 0.480 e. The molecule has 6 heteroatoms. The molecule has 0 aliphatic heterocycles. The SMILES string of the molecule is COC(=O)c1ccc2c(C3CCCC3)c(-c3ccoc3)n(CC(=O)O)c2c1. The van der Waals surface area contributed by atoms with Crippen molar-refractivity contribution in [1.82, 2.24) is 4.57 Å². The maximum absolute atomic E-state index is 12.0. The molecule has 1 fully saturated rings. The number of furan rings is 1. The summed E-state index contributed by atoms with van der Waals surface area (Å²) in [6, 6.07) is 7.24. The molecule has 0 spiro atoms. The van der Waals surface area contributed by atoms with Crippen LogP contribution in [0.15, 0.2) is 41.2 Å². The summed E-state index contributed by atoms with van der Waals surface area (Å²) in [5.41, 5.74) is 4.02. The second kappa shape index (κ2) is 6.95. The summed E-state index contributed by atoms with van der Waals surface area (Å²) in [5.74, 6) is -0.998. The summed E-state index contributed by atoms with van der Waals surface area (Å²) in [4.78, 5) is 23.6. The summed E-state index contributed by atoms with van der Waals surface area (Å²) >= 11 is 0. The monoisotopic (exact) mass is 367 g/mol. The molecule has 27 heavy (non-hydrogen) atoms. The van der Waals surface area contributed by atoms with Crippen molar-refractivity contribution in [2.45, 2.75) is 38.1 Å². The third-order valence-corrected chi connectivity index (χ3v) is 5.38. The van der Waals surface area contributed by atoms with Crippen LogP contribution in [0.3, 0.4) is 0 Å². The summed E-state index contributed by atoms with van der Waals surface area (Å²) in [6.45, 7) is -0.186. The lowest BCUT2D eigenvalue weighted by molar-refractivity contribution is -0.137. The van der Waals surface area contributed by atoms with E-state index >= 15 is 0 Å². The quantitative estimate of drug-likeness (QED) is 0.675. The second-order valence-electron chi connectivity index (χ2n) is 6.96. The Hall–Kier alpha value is -3.02. The molecule has 1 aromatic carbocycles. The van der Waals surface area contributed by atoms with Crippen molar-refractivity contribution < 1.29 is 23.8 Å². The Morgan fingerprint density at radius 3 is 2.67 bits per heavy atom. The van der Waals surface area contributed by atoms with Crippen LogP contribution < -0.4 is 0 Å². The fraction of sp³-hybridized carbons (Fsp3) is 0.333. The Balaban J connectivity index is 2.04. The first-order chi connectivity index (χ1) is 13.1. The number of carbonyl (C=O) groups excluding carboxylic acids is 1. The molecule has 2 aromatic heterocycles. The van der Waals surface area contributed by atoms with Crippen molar-refractivity contribution in [3.8, 4) is 11.3 Å². The van der Waals surface area contributed by atoms with Crippen LogP contribution in [0.1, 0.15) is 47.5 Å². The molecule has 0 unspecified atom stereocenters. The molecule has 3 aromatic rings. The van der Waals surface area contributed by atoms with Gasteiger partial charge in [-0.1, -0.05) is 18.9 Å². The topological polar surface area (TPSA) is 81.7 Å². The number of carboxylic acid groups (broad SMARTS) is 1. The Morgan fingerprint density at radius 1 is 1.26 bits per heavy atom. The van der Waals surface area contributed by atoms with Crippen molar-refractivity contribution >= 4 is 22.8 Å². The van der Waals surface area contributed by atoms with Crippen LogP contribution in [0.25, 0.3) is 22.2 Å². The Kier molecular flexibility index (Phi) is 4.48. The van der Waals surface area contributed by atoms with Crippen LogP contribution in [-0.4, -0.2) is 28.7 Å². The minimum Gasteiger partial charge on any atom is -0.480 e. The molecule has 140 valence electrons. The van der Waals surface area contributed by atoms with Gasteiger partial charge in [-0.05, 0) is 42.5 Å². The van der Waals surface area contributed by atoms with Gasteiger partial charge >= 0.3 is 11.9 Å². The van der Waals surface area contributed by atoms with Gasteiger partial charge in [0.2, 0.25) is 0 Å². The summed E-state index contributed by atoms with van der Waals surface area (Å²) in [6.07, 6.45) is 7.73. The number of carboxylic acids is 1. The molecule has 4 rings (SSSR count). The third kappa shape index (κ3) is 3.01. The number of hydrogen-bond acceptors (Lipinski definition) is 4. The van der Waals surface area contributed by atoms with Crippen molar-refractivity contribution in [2.24, 2.45) is 0 Å². The maximum atomic E-state index is 12.0. The van der Waals surface area contributed by atoms with E-state index in [9.17, 15) is 14.7 Å². The van der Waals surface area contributed by atoms with Crippen LogP contribution >= 0.6 is 0 Å². The number of rotatable bonds is 5. The van der Waals surface area contributed by atoms with Crippen molar-refractivity contribution in [3.63, 3.8) is 0 Å². The van der Waals surface area contributed by atoms with E-state index in [2.05, 4.69) is 0 Å². The Morgan fingerprint density at radius 2 is 2.04 bits per heavy atom. The lowest BCUT2D eigenvalue weighted by atomic mass is 9.92. The van der Waals surface area contributed by atoms with Crippen LogP contribution in [0.4, 0.5) is 0 Å². The first-order valence-electron chi connectivity index (χ1n) is 9.09. The van der Waals surface area contributed by atoms with Gasteiger partial charge in [-0.25, -0.2) is 4.79 Å². The maximum Gasteiger partial charge on any atom is 0.337 e. The number of hydrogen-bond donors (Lipinski definition) is 1. The molecule has 1 N–H and O–H groups in total. The number of esters is 1. The molecular formula is C21H21NO5. The van der Waals surface area contributed by atoms with E-state index in [1.807, 2.05) is 12.1 Å². The highest BCUT2D eigenvalue weighted by atomic mass is 16.5. The van der Waals surface area contributed by atoms with E-state index in [4.69, 9.17) is 9.15 Å².